The van der Waals surface area contributed by atoms with Crippen molar-refractivity contribution in [2.24, 2.45) is 4.99 Å². The lowest BCUT2D eigenvalue weighted by atomic mass is 9.98. The summed E-state index contributed by atoms with van der Waals surface area (Å²) < 4.78 is 6.43. The number of phenolic OH excluding ortho intramolecular Hbond substituents is 1. The van der Waals surface area contributed by atoms with Crippen molar-refractivity contribution in [2.45, 2.75) is 19.0 Å². The Morgan fingerprint density at radius 2 is 1.88 bits per heavy atom. The van der Waals surface area contributed by atoms with Gasteiger partial charge in [-0.25, -0.2) is 0 Å². The first-order chi connectivity index (χ1) is 12.1. The van der Waals surface area contributed by atoms with E-state index < -0.39 is 0 Å². The topological polar surface area (TPSA) is 45.1 Å². The van der Waals surface area contributed by atoms with Crippen LogP contribution in [0.4, 0.5) is 0 Å². The highest BCUT2D eigenvalue weighted by atomic mass is 79.9. The molecule has 0 saturated carbocycles. The Balaban J connectivity index is 1.84. The highest BCUT2D eigenvalue weighted by molar-refractivity contribution is 9.10. The van der Waals surface area contributed by atoms with Crippen LogP contribution in [0.25, 0.3) is 0 Å². The maximum atomic E-state index is 10.0. The van der Waals surface area contributed by atoms with E-state index in [2.05, 4.69) is 52.0 Å². The third-order valence-corrected chi connectivity index (χ3v) is 4.97. The molecule has 0 aromatic heterocycles. The largest absolute Gasteiger partial charge is 0.507 e. The van der Waals surface area contributed by atoms with E-state index in [9.17, 15) is 5.11 Å². The van der Waals surface area contributed by atoms with Crippen LogP contribution in [0.1, 0.15) is 24.1 Å². The second-order valence-electron chi connectivity index (χ2n) is 6.23. The van der Waals surface area contributed by atoms with Crippen LogP contribution in [0.15, 0.2) is 58.0 Å². The molecule has 0 unspecified atom stereocenters. The van der Waals surface area contributed by atoms with Gasteiger partial charge in [0.05, 0.1) is 25.3 Å². The molecule has 1 aliphatic rings. The Hall–Kier alpha value is -1.69. The highest BCUT2D eigenvalue weighted by Gasteiger charge is 2.27. The molecule has 5 heteroatoms. The number of benzene rings is 2. The van der Waals surface area contributed by atoms with Crippen LogP contribution in [0.2, 0.25) is 0 Å². The van der Waals surface area contributed by atoms with Crippen LogP contribution in [-0.2, 0) is 4.74 Å². The summed E-state index contributed by atoms with van der Waals surface area (Å²) in [5, 5.41) is 10.0. The number of hydrogen-bond acceptors (Lipinski definition) is 4. The van der Waals surface area contributed by atoms with E-state index >= 15 is 0 Å². The van der Waals surface area contributed by atoms with Crippen LogP contribution in [-0.4, -0.2) is 48.6 Å². The predicted molar refractivity (Wildman–Crippen MR) is 104 cm³/mol. The molecule has 2 atom stereocenters. The average molecular weight is 403 g/mol. The van der Waals surface area contributed by atoms with Crippen molar-refractivity contribution in [1.29, 1.82) is 0 Å². The van der Waals surface area contributed by atoms with Gasteiger partial charge in [0.15, 0.2) is 0 Å². The van der Waals surface area contributed by atoms with E-state index in [0.717, 1.165) is 36.3 Å². The van der Waals surface area contributed by atoms with Gasteiger partial charge in [-0.15, -0.1) is 0 Å². The van der Waals surface area contributed by atoms with Crippen molar-refractivity contribution in [3.8, 4) is 5.75 Å². The number of hydrogen-bond donors (Lipinski definition) is 1. The van der Waals surface area contributed by atoms with Gasteiger partial charge < -0.3 is 9.84 Å². The Morgan fingerprint density at radius 1 is 1.16 bits per heavy atom. The fraction of sp³-hybridized carbons (Fsp3) is 0.350. The van der Waals surface area contributed by atoms with Crippen molar-refractivity contribution in [3.63, 3.8) is 0 Å². The second kappa shape index (κ2) is 8.61. The highest BCUT2D eigenvalue weighted by Crippen LogP contribution is 2.28. The second-order valence-corrected chi connectivity index (χ2v) is 7.14. The molecule has 0 amide bonds. The van der Waals surface area contributed by atoms with Gasteiger partial charge in [-0.1, -0.05) is 46.3 Å². The zero-order valence-electron chi connectivity index (χ0n) is 14.3. The molecular weight excluding hydrogens is 380 g/mol. The number of morpholine rings is 1. The van der Waals surface area contributed by atoms with Gasteiger partial charge >= 0.3 is 0 Å². The standard InChI is InChI=1S/C20H23BrN2O2/c1-15(22-14-17-13-18(21)7-8-19(17)24)20(16-5-3-2-4-6-16)23-9-11-25-12-10-23/h2-8,13-15,20,24H,9-12H2,1H3/t15-,20+/m1/s1. The minimum atomic E-state index is 0.0545. The molecule has 0 bridgehead atoms. The molecule has 1 heterocycles. The molecule has 1 N–H and O–H groups in total. The van der Waals surface area contributed by atoms with Crippen molar-refractivity contribution < 1.29 is 9.84 Å². The number of nitrogens with zero attached hydrogens (tertiary/aromatic N) is 2. The van der Waals surface area contributed by atoms with Gasteiger partial charge in [0.1, 0.15) is 5.75 Å². The van der Waals surface area contributed by atoms with E-state index in [0.29, 0.717) is 0 Å². The number of phenols is 1. The molecule has 1 fully saturated rings. The Bertz CT molecular complexity index is 715. The van der Waals surface area contributed by atoms with E-state index in [1.54, 1.807) is 12.3 Å². The first kappa shape index (κ1) is 18.1. The van der Waals surface area contributed by atoms with E-state index in [4.69, 9.17) is 9.73 Å². The van der Waals surface area contributed by atoms with Crippen LogP contribution in [0.5, 0.6) is 5.75 Å². The van der Waals surface area contributed by atoms with Crippen molar-refractivity contribution in [1.82, 2.24) is 4.90 Å². The summed E-state index contributed by atoms with van der Waals surface area (Å²) in [7, 11) is 0. The van der Waals surface area contributed by atoms with Crippen LogP contribution >= 0.6 is 15.9 Å². The summed E-state index contributed by atoms with van der Waals surface area (Å²) >= 11 is 3.44. The monoisotopic (exact) mass is 402 g/mol. The lowest BCUT2D eigenvalue weighted by molar-refractivity contribution is 0.0119. The molecule has 0 radical (unpaired) electrons. The van der Waals surface area contributed by atoms with Crippen LogP contribution in [0, 0.1) is 0 Å². The van der Waals surface area contributed by atoms with Crippen molar-refractivity contribution in [2.75, 3.05) is 26.3 Å². The smallest absolute Gasteiger partial charge is 0.124 e. The van der Waals surface area contributed by atoms with Crippen LogP contribution in [0.3, 0.4) is 0 Å². The number of rotatable bonds is 5. The lowest BCUT2D eigenvalue weighted by Crippen LogP contribution is -2.42. The number of aromatic hydroxyl groups is 1. The SMILES string of the molecule is C[C@@H](N=Cc1cc(Br)ccc1O)[C@@H](c1ccccc1)N1CCOCC1. The summed E-state index contributed by atoms with van der Waals surface area (Å²) in [6.45, 7) is 5.44. The fourth-order valence-electron chi connectivity index (χ4n) is 3.21. The van der Waals surface area contributed by atoms with Gasteiger partial charge in [0, 0.05) is 29.3 Å². The maximum Gasteiger partial charge on any atom is 0.124 e. The quantitative estimate of drug-likeness (QED) is 0.767. The Labute approximate surface area is 157 Å². The summed E-state index contributed by atoms with van der Waals surface area (Å²) in [6.07, 6.45) is 1.77. The molecule has 1 aliphatic heterocycles. The molecular formula is C20H23BrN2O2. The molecule has 2 aromatic carbocycles. The molecule has 0 spiro atoms. The van der Waals surface area contributed by atoms with Gasteiger partial charge in [-0.2, -0.15) is 0 Å². The van der Waals surface area contributed by atoms with Gasteiger partial charge in [-0.05, 0) is 30.7 Å². The molecule has 0 aliphatic carbocycles. The summed E-state index contributed by atoms with van der Waals surface area (Å²) in [5.74, 6) is 0.238. The maximum absolute atomic E-state index is 10.0. The normalized spacial score (nSPS) is 18.3. The van der Waals surface area contributed by atoms with E-state index in [1.807, 2.05) is 18.2 Å². The number of ether oxygens (including phenoxy) is 1. The summed E-state index contributed by atoms with van der Waals surface area (Å²) in [4.78, 5) is 7.19. The first-order valence-electron chi connectivity index (χ1n) is 8.53. The Kier molecular flexibility index (Phi) is 6.24. The number of aliphatic imine (C=N–C) groups is 1. The fourth-order valence-corrected chi connectivity index (χ4v) is 3.59. The van der Waals surface area contributed by atoms with E-state index in [1.165, 1.54) is 5.56 Å². The van der Waals surface area contributed by atoms with Gasteiger partial charge in [-0.3, -0.25) is 9.89 Å². The molecule has 4 nitrogen and oxygen atoms in total. The summed E-state index contributed by atoms with van der Waals surface area (Å²) in [5.41, 5.74) is 1.97. The number of halogens is 1. The van der Waals surface area contributed by atoms with Crippen molar-refractivity contribution in [3.05, 3.63) is 64.1 Å². The molecule has 2 aromatic rings. The minimum absolute atomic E-state index is 0.0545. The summed E-state index contributed by atoms with van der Waals surface area (Å²) in [6, 6.07) is 16.1. The molecule has 25 heavy (non-hydrogen) atoms. The van der Waals surface area contributed by atoms with Crippen LogP contribution < -0.4 is 0 Å². The third-order valence-electron chi connectivity index (χ3n) is 4.48. The lowest BCUT2D eigenvalue weighted by Gasteiger charge is -2.37. The first-order valence-corrected chi connectivity index (χ1v) is 9.33. The third kappa shape index (κ3) is 4.69. The Morgan fingerprint density at radius 3 is 2.60 bits per heavy atom. The molecule has 132 valence electrons. The van der Waals surface area contributed by atoms with Crippen molar-refractivity contribution >= 4 is 22.1 Å². The molecule has 1 saturated heterocycles. The zero-order valence-corrected chi connectivity index (χ0v) is 15.9. The zero-order chi connectivity index (χ0) is 17.6. The molecule has 3 rings (SSSR count). The van der Waals surface area contributed by atoms with E-state index in [-0.39, 0.29) is 17.8 Å². The van der Waals surface area contributed by atoms with Gasteiger partial charge in [0.2, 0.25) is 0 Å². The van der Waals surface area contributed by atoms with Gasteiger partial charge in [0.25, 0.3) is 0 Å². The predicted octanol–water partition coefficient (Wildman–Crippen LogP) is 4.04. The average Bonchev–Trinajstić information content (AvgIpc) is 2.64. The minimum Gasteiger partial charge on any atom is -0.507 e.